The molecule has 1 aromatic rings. The van der Waals surface area contributed by atoms with Gasteiger partial charge in [0.2, 0.25) is 0 Å². The molecule has 0 radical (unpaired) electrons. The predicted octanol–water partition coefficient (Wildman–Crippen LogP) is 3.60. The third kappa shape index (κ3) is 3.22. The quantitative estimate of drug-likeness (QED) is 0.591. The standard InChI is InChI=1S/C14H17ClO2/c15-8-1-2-9-17-12-6-7-13-11(10-12)4-3-5-14(13)16/h6-7,10H,1-5,8-9H2. The second-order valence-electron chi connectivity index (χ2n) is 4.34. The van der Waals surface area contributed by atoms with Crippen molar-refractivity contribution in [3.05, 3.63) is 29.3 Å². The predicted molar refractivity (Wildman–Crippen MR) is 69.2 cm³/mol. The Morgan fingerprint density at radius 1 is 1.24 bits per heavy atom. The number of halogens is 1. The molecule has 0 fully saturated rings. The first-order chi connectivity index (χ1) is 8.31. The molecule has 1 aromatic carbocycles. The van der Waals surface area contributed by atoms with Crippen LogP contribution in [0.1, 0.15) is 41.6 Å². The van der Waals surface area contributed by atoms with Gasteiger partial charge < -0.3 is 4.74 Å². The first-order valence-corrected chi connectivity index (χ1v) is 6.69. The van der Waals surface area contributed by atoms with Crippen molar-refractivity contribution in [3.63, 3.8) is 0 Å². The molecule has 0 saturated heterocycles. The smallest absolute Gasteiger partial charge is 0.163 e. The number of unbranched alkanes of at least 4 members (excludes halogenated alkanes) is 1. The summed E-state index contributed by atoms with van der Waals surface area (Å²) in [7, 11) is 0. The van der Waals surface area contributed by atoms with E-state index in [1.165, 1.54) is 0 Å². The number of alkyl halides is 1. The summed E-state index contributed by atoms with van der Waals surface area (Å²) in [6.07, 6.45) is 4.58. The minimum Gasteiger partial charge on any atom is -0.494 e. The van der Waals surface area contributed by atoms with Crippen molar-refractivity contribution < 1.29 is 9.53 Å². The van der Waals surface area contributed by atoms with Crippen molar-refractivity contribution >= 4 is 17.4 Å². The Hall–Kier alpha value is -1.02. The number of hydrogen-bond donors (Lipinski definition) is 0. The van der Waals surface area contributed by atoms with Crippen LogP contribution in [0, 0.1) is 0 Å². The molecular weight excluding hydrogens is 236 g/mol. The van der Waals surface area contributed by atoms with Crippen LogP contribution in [0.3, 0.4) is 0 Å². The summed E-state index contributed by atoms with van der Waals surface area (Å²) < 4.78 is 5.64. The average molecular weight is 253 g/mol. The number of ketones is 1. The van der Waals surface area contributed by atoms with E-state index in [0.29, 0.717) is 18.9 Å². The van der Waals surface area contributed by atoms with Gasteiger partial charge in [0, 0.05) is 17.9 Å². The molecule has 0 unspecified atom stereocenters. The summed E-state index contributed by atoms with van der Waals surface area (Å²) in [6, 6.07) is 5.80. The van der Waals surface area contributed by atoms with Gasteiger partial charge in [-0.3, -0.25) is 4.79 Å². The molecule has 0 aromatic heterocycles. The first-order valence-electron chi connectivity index (χ1n) is 6.16. The zero-order valence-electron chi connectivity index (χ0n) is 9.88. The molecular formula is C14H17ClO2. The average Bonchev–Trinajstić information content (AvgIpc) is 2.35. The van der Waals surface area contributed by atoms with Gasteiger partial charge in [0.05, 0.1) is 6.61 Å². The fourth-order valence-corrected chi connectivity index (χ4v) is 2.29. The van der Waals surface area contributed by atoms with Crippen molar-refractivity contribution in [2.75, 3.05) is 12.5 Å². The van der Waals surface area contributed by atoms with E-state index in [1.54, 1.807) is 0 Å². The third-order valence-electron chi connectivity index (χ3n) is 3.02. The molecule has 0 amide bonds. The van der Waals surface area contributed by atoms with Crippen LogP contribution in [0.15, 0.2) is 18.2 Å². The highest BCUT2D eigenvalue weighted by molar-refractivity contribution is 6.17. The molecule has 0 spiro atoms. The monoisotopic (exact) mass is 252 g/mol. The zero-order chi connectivity index (χ0) is 12.1. The molecule has 1 aliphatic carbocycles. The second kappa shape index (κ2) is 6.06. The van der Waals surface area contributed by atoms with E-state index in [1.807, 2.05) is 18.2 Å². The Balaban J connectivity index is 1.98. The van der Waals surface area contributed by atoms with E-state index in [4.69, 9.17) is 16.3 Å². The molecule has 1 aliphatic rings. The van der Waals surface area contributed by atoms with E-state index in [-0.39, 0.29) is 5.78 Å². The lowest BCUT2D eigenvalue weighted by atomic mass is 9.90. The summed E-state index contributed by atoms with van der Waals surface area (Å²) in [6.45, 7) is 0.694. The summed E-state index contributed by atoms with van der Waals surface area (Å²) in [5.41, 5.74) is 2.01. The Bertz CT molecular complexity index is 401. The van der Waals surface area contributed by atoms with Crippen LogP contribution in [-0.2, 0) is 6.42 Å². The molecule has 92 valence electrons. The fraction of sp³-hybridized carbons (Fsp3) is 0.500. The molecule has 3 heteroatoms. The number of carbonyl (C=O) groups excluding carboxylic acids is 1. The van der Waals surface area contributed by atoms with E-state index in [9.17, 15) is 4.79 Å². The normalized spacial score (nSPS) is 14.5. The van der Waals surface area contributed by atoms with Crippen LogP contribution < -0.4 is 4.74 Å². The van der Waals surface area contributed by atoms with E-state index in [0.717, 1.165) is 42.6 Å². The lowest BCUT2D eigenvalue weighted by Crippen LogP contribution is -2.10. The highest BCUT2D eigenvalue weighted by Crippen LogP contribution is 2.25. The van der Waals surface area contributed by atoms with E-state index < -0.39 is 0 Å². The SMILES string of the molecule is O=C1CCCc2cc(OCCCCCl)ccc21. The van der Waals surface area contributed by atoms with Gasteiger partial charge in [-0.15, -0.1) is 11.6 Å². The Morgan fingerprint density at radius 3 is 2.94 bits per heavy atom. The van der Waals surface area contributed by atoms with Gasteiger partial charge in [-0.1, -0.05) is 0 Å². The number of hydrogen-bond acceptors (Lipinski definition) is 2. The molecule has 2 nitrogen and oxygen atoms in total. The maximum atomic E-state index is 11.6. The van der Waals surface area contributed by atoms with Gasteiger partial charge in [-0.25, -0.2) is 0 Å². The number of aryl methyl sites for hydroxylation is 1. The van der Waals surface area contributed by atoms with Gasteiger partial charge in [-0.2, -0.15) is 0 Å². The van der Waals surface area contributed by atoms with Crippen molar-refractivity contribution in [2.24, 2.45) is 0 Å². The summed E-state index contributed by atoms with van der Waals surface area (Å²) in [5, 5.41) is 0. The maximum absolute atomic E-state index is 11.6. The molecule has 0 aliphatic heterocycles. The Kier molecular flexibility index (Phi) is 4.43. The first kappa shape index (κ1) is 12.4. The minimum absolute atomic E-state index is 0.264. The number of benzene rings is 1. The maximum Gasteiger partial charge on any atom is 0.163 e. The van der Waals surface area contributed by atoms with E-state index in [2.05, 4.69) is 0 Å². The van der Waals surface area contributed by atoms with Crippen LogP contribution >= 0.6 is 11.6 Å². The highest BCUT2D eigenvalue weighted by Gasteiger charge is 2.17. The lowest BCUT2D eigenvalue weighted by molar-refractivity contribution is 0.0972. The highest BCUT2D eigenvalue weighted by atomic mass is 35.5. The lowest BCUT2D eigenvalue weighted by Gasteiger charge is -2.15. The molecule has 0 atom stereocenters. The van der Waals surface area contributed by atoms with Crippen LogP contribution in [0.25, 0.3) is 0 Å². The molecule has 0 bridgehead atoms. The van der Waals surface area contributed by atoms with Crippen molar-refractivity contribution in [3.8, 4) is 5.75 Å². The third-order valence-corrected chi connectivity index (χ3v) is 3.29. The van der Waals surface area contributed by atoms with Gasteiger partial charge >= 0.3 is 0 Å². The van der Waals surface area contributed by atoms with Gasteiger partial charge in [-0.05, 0) is 49.4 Å². The van der Waals surface area contributed by atoms with Gasteiger partial charge in [0.1, 0.15) is 5.75 Å². The largest absolute Gasteiger partial charge is 0.494 e. The fourth-order valence-electron chi connectivity index (χ4n) is 2.10. The molecule has 2 rings (SSSR count). The summed E-state index contributed by atoms with van der Waals surface area (Å²) in [4.78, 5) is 11.6. The van der Waals surface area contributed by atoms with Crippen molar-refractivity contribution in [1.82, 2.24) is 0 Å². The topological polar surface area (TPSA) is 26.3 Å². The van der Waals surface area contributed by atoms with Crippen LogP contribution in [-0.4, -0.2) is 18.3 Å². The van der Waals surface area contributed by atoms with Gasteiger partial charge in [0.25, 0.3) is 0 Å². The number of ether oxygens (including phenoxy) is 1. The minimum atomic E-state index is 0.264. The zero-order valence-corrected chi connectivity index (χ0v) is 10.6. The van der Waals surface area contributed by atoms with Crippen molar-refractivity contribution in [1.29, 1.82) is 0 Å². The molecule has 0 N–H and O–H groups in total. The Labute approximate surface area is 107 Å². The van der Waals surface area contributed by atoms with Crippen LogP contribution in [0.5, 0.6) is 5.75 Å². The molecule has 0 heterocycles. The summed E-state index contributed by atoms with van der Waals surface area (Å²) >= 11 is 5.60. The van der Waals surface area contributed by atoms with E-state index >= 15 is 0 Å². The Morgan fingerprint density at radius 2 is 2.12 bits per heavy atom. The number of rotatable bonds is 5. The van der Waals surface area contributed by atoms with Crippen LogP contribution in [0.4, 0.5) is 0 Å². The second-order valence-corrected chi connectivity index (χ2v) is 4.72. The number of fused-ring (bicyclic) bond motifs is 1. The summed E-state index contributed by atoms with van der Waals surface area (Å²) in [5.74, 6) is 1.81. The molecule has 0 saturated carbocycles. The van der Waals surface area contributed by atoms with Crippen LogP contribution in [0.2, 0.25) is 0 Å². The van der Waals surface area contributed by atoms with Gasteiger partial charge in [0.15, 0.2) is 5.78 Å². The molecule has 17 heavy (non-hydrogen) atoms. The number of carbonyl (C=O) groups is 1. The number of Topliss-reactive ketones (excluding diaryl/α,β-unsaturated/α-hetero) is 1. The van der Waals surface area contributed by atoms with Crippen molar-refractivity contribution in [2.45, 2.75) is 32.1 Å².